The number of aryl methyl sites for hydroxylation is 1. The smallest absolute Gasteiger partial charge is 0.118 e. The minimum absolute atomic E-state index is 0.751. The molecule has 0 radical (unpaired) electrons. The molecule has 1 aromatic carbocycles. The van der Waals surface area contributed by atoms with Crippen LogP contribution in [0.15, 0.2) is 24.3 Å². The normalized spacial score (nSPS) is 24.6. The number of hydrogen-bond donors (Lipinski definition) is 0. The fraction of sp³-hybridized carbons (Fsp3) is 0.625. The summed E-state index contributed by atoms with van der Waals surface area (Å²) in [5.41, 5.74) is 1.44. The summed E-state index contributed by atoms with van der Waals surface area (Å²) in [6.07, 6.45) is 9.47. The Morgan fingerprint density at radius 2 is 1.89 bits per heavy atom. The van der Waals surface area contributed by atoms with Crippen molar-refractivity contribution in [3.05, 3.63) is 29.8 Å². The first-order valence-electron chi connectivity index (χ1n) is 7.05. The molecule has 100 valence electrons. The minimum atomic E-state index is 0.751. The lowest BCUT2D eigenvalue weighted by molar-refractivity contribution is 0.414. The summed E-state index contributed by atoms with van der Waals surface area (Å²) in [7, 11) is 1.72. The van der Waals surface area contributed by atoms with E-state index in [0.29, 0.717) is 0 Å². The van der Waals surface area contributed by atoms with E-state index in [4.69, 9.17) is 4.74 Å². The molecule has 0 spiro atoms. The van der Waals surface area contributed by atoms with Gasteiger partial charge in [0, 0.05) is 4.83 Å². The molecule has 1 aliphatic carbocycles. The zero-order valence-electron chi connectivity index (χ0n) is 11.2. The van der Waals surface area contributed by atoms with Crippen molar-refractivity contribution in [1.82, 2.24) is 0 Å². The lowest BCUT2D eigenvalue weighted by atomic mass is 9.93. The van der Waals surface area contributed by atoms with Crippen molar-refractivity contribution in [2.75, 3.05) is 7.11 Å². The molecule has 1 aromatic rings. The van der Waals surface area contributed by atoms with Crippen LogP contribution in [0.2, 0.25) is 0 Å². The van der Waals surface area contributed by atoms with E-state index in [1.54, 1.807) is 7.11 Å². The van der Waals surface area contributed by atoms with Crippen LogP contribution in [0.4, 0.5) is 0 Å². The molecule has 2 heteroatoms. The number of rotatable bonds is 4. The monoisotopic (exact) mass is 310 g/mol. The minimum Gasteiger partial charge on any atom is -0.497 e. The van der Waals surface area contributed by atoms with Gasteiger partial charge in [0.1, 0.15) is 5.75 Å². The van der Waals surface area contributed by atoms with Gasteiger partial charge in [-0.3, -0.25) is 0 Å². The van der Waals surface area contributed by atoms with Crippen molar-refractivity contribution < 1.29 is 4.74 Å². The molecule has 0 amide bonds. The van der Waals surface area contributed by atoms with Crippen LogP contribution in [0.5, 0.6) is 5.75 Å². The molecule has 0 aliphatic heterocycles. The van der Waals surface area contributed by atoms with Crippen molar-refractivity contribution >= 4 is 15.9 Å². The molecule has 1 fully saturated rings. The van der Waals surface area contributed by atoms with Crippen molar-refractivity contribution in [3.63, 3.8) is 0 Å². The van der Waals surface area contributed by atoms with Gasteiger partial charge >= 0.3 is 0 Å². The second kappa shape index (κ2) is 7.18. The summed E-state index contributed by atoms with van der Waals surface area (Å²) < 4.78 is 5.19. The Morgan fingerprint density at radius 1 is 1.17 bits per heavy atom. The highest BCUT2D eigenvalue weighted by atomic mass is 79.9. The summed E-state index contributed by atoms with van der Waals surface area (Å²) >= 11 is 3.81. The maximum absolute atomic E-state index is 5.19. The average Bonchev–Trinajstić information content (AvgIpc) is 2.61. The molecule has 1 nitrogen and oxygen atoms in total. The summed E-state index contributed by atoms with van der Waals surface area (Å²) in [5.74, 6) is 1.85. The third-order valence-corrected chi connectivity index (χ3v) is 4.80. The standard InChI is InChI=1S/C16H23BrO/c1-18-16-10-8-13(9-11-16)6-7-14-4-2-3-5-15(17)12-14/h8-11,14-15H,2-7,12H2,1H3. The van der Waals surface area contributed by atoms with Crippen LogP contribution in [0.1, 0.15) is 44.1 Å². The van der Waals surface area contributed by atoms with Gasteiger partial charge in [-0.25, -0.2) is 0 Å². The Labute approximate surface area is 119 Å². The van der Waals surface area contributed by atoms with E-state index in [2.05, 4.69) is 40.2 Å². The third-order valence-electron chi connectivity index (χ3n) is 3.97. The summed E-state index contributed by atoms with van der Waals surface area (Å²) in [6, 6.07) is 8.52. The Bertz CT molecular complexity index is 347. The lowest BCUT2D eigenvalue weighted by Crippen LogP contribution is -2.06. The van der Waals surface area contributed by atoms with Gasteiger partial charge in [0.05, 0.1) is 7.11 Å². The Hall–Kier alpha value is -0.500. The van der Waals surface area contributed by atoms with Gasteiger partial charge in [-0.2, -0.15) is 0 Å². The molecule has 0 bridgehead atoms. The van der Waals surface area contributed by atoms with Crippen LogP contribution < -0.4 is 4.74 Å². The molecule has 1 aliphatic rings. The zero-order chi connectivity index (χ0) is 12.8. The SMILES string of the molecule is COc1ccc(CCC2CCCCC(Br)C2)cc1. The number of methoxy groups -OCH3 is 1. The fourth-order valence-corrected chi connectivity index (χ4v) is 3.67. The molecule has 2 unspecified atom stereocenters. The van der Waals surface area contributed by atoms with Gasteiger partial charge < -0.3 is 4.74 Å². The largest absolute Gasteiger partial charge is 0.497 e. The number of hydrogen-bond acceptors (Lipinski definition) is 1. The third kappa shape index (κ3) is 4.31. The first-order chi connectivity index (χ1) is 8.78. The molecule has 0 aromatic heterocycles. The van der Waals surface area contributed by atoms with E-state index >= 15 is 0 Å². The van der Waals surface area contributed by atoms with Crippen LogP contribution in [-0.2, 0) is 6.42 Å². The predicted octanol–water partition coefficient (Wildman–Crippen LogP) is 4.97. The van der Waals surface area contributed by atoms with Gasteiger partial charge in [-0.15, -0.1) is 0 Å². The van der Waals surface area contributed by atoms with E-state index in [-0.39, 0.29) is 0 Å². The highest BCUT2D eigenvalue weighted by Crippen LogP contribution is 2.30. The quantitative estimate of drug-likeness (QED) is 0.563. The predicted molar refractivity (Wildman–Crippen MR) is 80.6 cm³/mol. The van der Waals surface area contributed by atoms with E-state index in [0.717, 1.165) is 16.5 Å². The highest BCUT2D eigenvalue weighted by Gasteiger charge is 2.17. The number of ether oxygens (including phenoxy) is 1. The van der Waals surface area contributed by atoms with Crippen LogP contribution in [0.3, 0.4) is 0 Å². The highest BCUT2D eigenvalue weighted by molar-refractivity contribution is 9.09. The maximum Gasteiger partial charge on any atom is 0.118 e. The van der Waals surface area contributed by atoms with Crippen molar-refractivity contribution in [2.45, 2.75) is 49.8 Å². The molecule has 2 atom stereocenters. The summed E-state index contributed by atoms with van der Waals surface area (Å²) in [5, 5.41) is 0. The van der Waals surface area contributed by atoms with Crippen LogP contribution >= 0.6 is 15.9 Å². The van der Waals surface area contributed by atoms with E-state index in [9.17, 15) is 0 Å². The van der Waals surface area contributed by atoms with Crippen molar-refractivity contribution in [2.24, 2.45) is 5.92 Å². The van der Waals surface area contributed by atoms with Gasteiger partial charge in [-0.1, -0.05) is 47.3 Å². The van der Waals surface area contributed by atoms with Crippen LogP contribution in [0.25, 0.3) is 0 Å². The molecular weight excluding hydrogens is 288 g/mol. The Kier molecular flexibility index (Phi) is 5.55. The second-order valence-electron chi connectivity index (χ2n) is 5.37. The Balaban J connectivity index is 1.82. The van der Waals surface area contributed by atoms with Crippen molar-refractivity contribution in [3.8, 4) is 5.75 Å². The molecule has 2 rings (SSSR count). The zero-order valence-corrected chi connectivity index (χ0v) is 12.8. The second-order valence-corrected chi connectivity index (χ2v) is 6.67. The molecule has 0 N–H and O–H groups in total. The van der Waals surface area contributed by atoms with E-state index in [1.807, 2.05) is 0 Å². The number of halogens is 1. The lowest BCUT2D eigenvalue weighted by Gasteiger charge is -2.16. The average molecular weight is 311 g/mol. The van der Waals surface area contributed by atoms with Crippen molar-refractivity contribution in [1.29, 1.82) is 0 Å². The van der Waals surface area contributed by atoms with Gasteiger partial charge in [0.15, 0.2) is 0 Å². The molecule has 0 heterocycles. The molecule has 0 saturated heterocycles. The van der Waals surface area contributed by atoms with Gasteiger partial charge in [0.2, 0.25) is 0 Å². The topological polar surface area (TPSA) is 9.23 Å². The molecular formula is C16H23BrO. The van der Waals surface area contributed by atoms with Crippen LogP contribution in [0, 0.1) is 5.92 Å². The maximum atomic E-state index is 5.19. The summed E-state index contributed by atoms with van der Waals surface area (Å²) in [6.45, 7) is 0. The fourth-order valence-electron chi connectivity index (χ4n) is 2.82. The number of alkyl halides is 1. The first kappa shape index (κ1) is 13.9. The van der Waals surface area contributed by atoms with E-state index in [1.165, 1.54) is 50.5 Å². The Morgan fingerprint density at radius 3 is 2.61 bits per heavy atom. The van der Waals surface area contributed by atoms with E-state index < -0.39 is 0 Å². The van der Waals surface area contributed by atoms with Gasteiger partial charge in [-0.05, 0) is 49.3 Å². The first-order valence-corrected chi connectivity index (χ1v) is 7.96. The molecule has 1 saturated carbocycles. The summed E-state index contributed by atoms with van der Waals surface area (Å²) in [4.78, 5) is 0.751. The molecule has 18 heavy (non-hydrogen) atoms. The van der Waals surface area contributed by atoms with Gasteiger partial charge in [0.25, 0.3) is 0 Å². The number of benzene rings is 1. The van der Waals surface area contributed by atoms with Crippen LogP contribution in [-0.4, -0.2) is 11.9 Å².